The highest BCUT2D eigenvalue weighted by molar-refractivity contribution is 5.66. The summed E-state index contributed by atoms with van der Waals surface area (Å²) in [6.07, 6.45) is 11.2. The van der Waals surface area contributed by atoms with Crippen LogP contribution in [-0.2, 0) is 23.9 Å². The lowest BCUT2D eigenvalue weighted by atomic mass is 9.85. The molecule has 0 radical (unpaired) electrons. The summed E-state index contributed by atoms with van der Waals surface area (Å²) in [4.78, 5) is 47.4. The fourth-order valence-electron chi connectivity index (χ4n) is 7.50. The van der Waals surface area contributed by atoms with Crippen LogP contribution in [0.15, 0.2) is 0 Å². The number of rotatable bonds is 10. The molecule has 3 aliphatic carbocycles. The minimum Gasteiger partial charge on any atom is -0.461 e. The van der Waals surface area contributed by atoms with Gasteiger partial charge in [0.2, 0.25) is 0 Å². The van der Waals surface area contributed by atoms with E-state index in [-0.39, 0.29) is 48.4 Å². The van der Waals surface area contributed by atoms with E-state index in [1.807, 2.05) is 0 Å². The Morgan fingerprint density at radius 1 is 0.769 bits per heavy atom. The van der Waals surface area contributed by atoms with Crippen LogP contribution in [0.25, 0.3) is 0 Å². The third-order valence-electron chi connectivity index (χ3n) is 9.26. The van der Waals surface area contributed by atoms with E-state index in [9.17, 15) is 19.7 Å². The van der Waals surface area contributed by atoms with Gasteiger partial charge in [0.15, 0.2) is 0 Å². The molecule has 1 aliphatic heterocycles. The maximum absolute atomic E-state index is 11.9. The molecule has 4 fully saturated rings. The van der Waals surface area contributed by atoms with Crippen molar-refractivity contribution in [2.75, 3.05) is 39.3 Å². The summed E-state index contributed by atoms with van der Waals surface area (Å²) in [5.74, 6) is -0.463. The third-order valence-corrected chi connectivity index (χ3v) is 9.26. The Bertz CT molecular complexity index is 786. The number of nitrogens with zero attached hydrogens (tertiary/aromatic N) is 4. The van der Waals surface area contributed by atoms with Gasteiger partial charge < -0.3 is 14.3 Å². The minimum absolute atomic E-state index is 0.112. The van der Waals surface area contributed by atoms with Crippen LogP contribution in [0, 0.1) is 10.1 Å². The van der Waals surface area contributed by atoms with E-state index in [1.54, 1.807) is 0 Å². The summed E-state index contributed by atoms with van der Waals surface area (Å²) in [5.41, 5.74) is 0. The van der Waals surface area contributed by atoms with Gasteiger partial charge in [-0.3, -0.25) is 24.3 Å². The number of ether oxygens (including phenoxy) is 2. The quantitative estimate of drug-likeness (QED) is 0.227. The first-order chi connectivity index (χ1) is 18.8. The summed E-state index contributed by atoms with van der Waals surface area (Å²) >= 11 is 0. The number of hydrogen-bond acceptors (Lipinski definition) is 10. The Morgan fingerprint density at radius 2 is 1.26 bits per heavy atom. The molecule has 0 spiro atoms. The fourth-order valence-corrected chi connectivity index (χ4v) is 7.50. The molecule has 0 aromatic rings. The molecule has 222 valence electrons. The lowest BCUT2D eigenvalue weighted by Crippen LogP contribution is -2.59. The second-order valence-corrected chi connectivity index (χ2v) is 11.8. The van der Waals surface area contributed by atoms with Crippen LogP contribution >= 0.6 is 0 Å². The largest absolute Gasteiger partial charge is 0.461 e. The predicted molar refractivity (Wildman–Crippen MR) is 144 cm³/mol. The second-order valence-electron chi connectivity index (χ2n) is 11.8. The van der Waals surface area contributed by atoms with Crippen molar-refractivity contribution < 1.29 is 29.0 Å². The van der Waals surface area contributed by atoms with Gasteiger partial charge in [-0.1, -0.05) is 25.7 Å². The molecular weight excluding hydrogens is 504 g/mol. The summed E-state index contributed by atoms with van der Waals surface area (Å²) in [7, 11) is 0. The number of esters is 2. The van der Waals surface area contributed by atoms with Crippen LogP contribution in [0.4, 0.5) is 0 Å². The molecule has 39 heavy (non-hydrogen) atoms. The van der Waals surface area contributed by atoms with Crippen molar-refractivity contribution >= 4 is 11.9 Å². The lowest BCUT2D eigenvalue weighted by molar-refractivity contribution is -0.770. The highest BCUT2D eigenvalue weighted by Crippen LogP contribution is 2.33. The van der Waals surface area contributed by atoms with E-state index in [1.165, 1.54) is 13.8 Å². The average Bonchev–Trinajstić information content (AvgIpc) is 2.90. The van der Waals surface area contributed by atoms with Crippen LogP contribution in [-0.4, -0.2) is 107 Å². The topological polar surface area (TPSA) is 115 Å². The SMILES string of the molecule is CC(=O)O[C@@H]1CCCC[C@H]1N(CCN1CCN([C@H]2CCCC[C@@H]2O[N+](=O)[O-])CC1)[C@@H]1CCCC[C@H]1OC(C)=O. The molecule has 1 saturated heterocycles. The molecule has 3 saturated carbocycles. The normalized spacial score (nSPS) is 32.9. The van der Waals surface area contributed by atoms with Crippen LogP contribution in [0.1, 0.15) is 90.9 Å². The molecule has 11 heteroatoms. The zero-order valence-electron chi connectivity index (χ0n) is 23.8. The Kier molecular flexibility index (Phi) is 11.2. The highest BCUT2D eigenvalue weighted by atomic mass is 17.0. The first-order valence-electron chi connectivity index (χ1n) is 15.2. The monoisotopic (exact) mass is 552 g/mol. The van der Waals surface area contributed by atoms with Gasteiger partial charge in [0.05, 0.1) is 0 Å². The summed E-state index contributed by atoms with van der Waals surface area (Å²) in [6.45, 7) is 8.28. The maximum atomic E-state index is 11.9. The fraction of sp³-hybridized carbons (Fsp3) is 0.929. The standard InChI is InChI=1S/C28H48N4O7/c1-21(33)37-26-12-6-4-10-24(26)31(25-11-5-7-13-27(25)38-22(2)34)20-17-29-15-18-30(19-16-29)23-9-3-8-14-28(23)39-32(35)36/h23-28H,3-20H2,1-2H3/t23-,24+,25+,26+,27+,28-/m0/s1. The van der Waals surface area contributed by atoms with Crippen molar-refractivity contribution in [3.63, 3.8) is 0 Å². The molecule has 0 aromatic heterocycles. The molecule has 0 bridgehead atoms. The van der Waals surface area contributed by atoms with Crippen LogP contribution in [0.3, 0.4) is 0 Å². The van der Waals surface area contributed by atoms with E-state index >= 15 is 0 Å². The number of carbonyl (C=O) groups excluding carboxylic acids is 2. The van der Waals surface area contributed by atoms with Crippen molar-refractivity contribution in [3.8, 4) is 0 Å². The highest BCUT2D eigenvalue weighted by Gasteiger charge is 2.41. The van der Waals surface area contributed by atoms with Gasteiger partial charge in [-0.25, -0.2) is 0 Å². The Labute approximate surface area is 232 Å². The zero-order valence-corrected chi connectivity index (χ0v) is 23.8. The summed E-state index contributed by atoms with van der Waals surface area (Å²) in [6, 6.07) is 0.376. The van der Waals surface area contributed by atoms with Gasteiger partial charge in [-0.15, -0.1) is 10.1 Å². The maximum Gasteiger partial charge on any atom is 0.302 e. The molecule has 6 atom stereocenters. The number of hydrogen-bond donors (Lipinski definition) is 0. The van der Waals surface area contributed by atoms with E-state index in [4.69, 9.17) is 14.3 Å². The van der Waals surface area contributed by atoms with E-state index in [2.05, 4.69) is 14.7 Å². The molecule has 4 rings (SSSR count). The van der Waals surface area contributed by atoms with Crippen molar-refractivity contribution in [1.82, 2.24) is 14.7 Å². The van der Waals surface area contributed by atoms with Gasteiger partial charge in [-0.2, -0.15) is 0 Å². The van der Waals surface area contributed by atoms with Gasteiger partial charge in [0, 0.05) is 71.2 Å². The molecule has 0 amide bonds. The van der Waals surface area contributed by atoms with Crippen molar-refractivity contribution in [2.24, 2.45) is 0 Å². The first kappa shape index (κ1) is 30.0. The van der Waals surface area contributed by atoms with Crippen LogP contribution in [0.2, 0.25) is 0 Å². The second kappa shape index (κ2) is 14.6. The molecular formula is C28H48N4O7. The van der Waals surface area contributed by atoms with Crippen molar-refractivity contribution in [1.29, 1.82) is 0 Å². The Morgan fingerprint density at radius 3 is 1.77 bits per heavy atom. The van der Waals surface area contributed by atoms with Crippen LogP contribution in [0.5, 0.6) is 0 Å². The first-order valence-corrected chi connectivity index (χ1v) is 15.2. The minimum atomic E-state index is -0.628. The van der Waals surface area contributed by atoms with Gasteiger partial charge in [-0.05, 0) is 51.4 Å². The number of carbonyl (C=O) groups is 2. The average molecular weight is 553 g/mol. The van der Waals surface area contributed by atoms with E-state index in [0.717, 1.165) is 116 Å². The molecule has 4 aliphatic rings. The smallest absolute Gasteiger partial charge is 0.302 e. The zero-order chi connectivity index (χ0) is 27.8. The van der Waals surface area contributed by atoms with Crippen molar-refractivity contribution in [3.05, 3.63) is 10.1 Å². The summed E-state index contributed by atoms with van der Waals surface area (Å²) in [5, 5.41) is 10.4. The van der Waals surface area contributed by atoms with Gasteiger partial charge in [0.1, 0.15) is 18.3 Å². The third kappa shape index (κ3) is 8.50. The molecule has 0 N–H and O–H groups in total. The van der Waals surface area contributed by atoms with Gasteiger partial charge in [0.25, 0.3) is 5.09 Å². The van der Waals surface area contributed by atoms with Crippen molar-refractivity contribution in [2.45, 2.75) is 127 Å². The van der Waals surface area contributed by atoms with E-state index < -0.39 is 5.09 Å². The van der Waals surface area contributed by atoms with E-state index in [0.29, 0.717) is 0 Å². The lowest BCUT2D eigenvalue weighted by Gasteiger charge is -2.48. The Hall–Kier alpha value is -1.98. The van der Waals surface area contributed by atoms with Gasteiger partial charge >= 0.3 is 11.9 Å². The predicted octanol–water partition coefficient (Wildman–Crippen LogP) is 3.17. The molecule has 0 aromatic carbocycles. The summed E-state index contributed by atoms with van der Waals surface area (Å²) < 4.78 is 11.7. The molecule has 11 nitrogen and oxygen atoms in total. The van der Waals surface area contributed by atoms with Crippen LogP contribution < -0.4 is 0 Å². The molecule has 0 unspecified atom stereocenters. The molecule has 1 heterocycles. The number of piperazine rings is 1. The Balaban J connectivity index is 1.40.